The lowest BCUT2D eigenvalue weighted by atomic mass is 10.1. The lowest BCUT2D eigenvalue weighted by Crippen LogP contribution is -2.07. The van der Waals surface area contributed by atoms with Crippen molar-refractivity contribution in [1.82, 2.24) is 0 Å². The highest BCUT2D eigenvalue weighted by molar-refractivity contribution is 5.89. The third kappa shape index (κ3) is 4.35. The van der Waals surface area contributed by atoms with Crippen LogP contribution >= 0.6 is 0 Å². The molecule has 0 spiro atoms. The van der Waals surface area contributed by atoms with Crippen LogP contribution in [0.25, 0.3) is 0 Å². The molecule has 0 aromatic heterocycles. The summed E-state index contributed by atoms with van der Waals surface area (Å²) in [6.07, 6.45) is 1.07. The van der Waals surface area contributed by atoms with E-state index in [0.29, 0.717) is 0 Å². The molecule has 2 rings (SSSR count). The Kier molecular flexibility index (Phi) is 4.99. The third-order valence-corrected chi connectivity index (χ3v) is 3.46. The maximum absolute atomic E-state index is 11.1. The first-order chi connectivity index (χ1) is 10.1. The predicted octanol–water partition coefficient (Wildman–Crippen LogP) is 4.13. The van der Waals surface area contributed by atoms with Gasteiger partial charge in [0.25, 0.3) is 0 Å². The van der Waals surface area contributed by atoms with Crippen molar-refractivity contribution >= 4 is 17.3 Å². The van der Waals surface area contributed by atoms with Crippen molar-refractivity contribution in [2.24, 2.45) is 0 Å². The topological polar surface area (TPSA) is 41.1 Å². The molecule has 0 radical (unpaired) electrons. The van der Waals surface area contributed by atoms with Gasteiger partial charge < -0.3 is 10.6 Å². The van der Waals surface area contributed by atoms with E-state index < -0.39 is 0 Å². The molecule has 0 aliphatic carbocycles. The lowest BCUT2D eigenvalue weighted by molar-refractivity contribution is -0.114. The summed E-state index contributed by atoms with van der Waals surface area (Å²) >= 11 is 0. The number of carbonyl (C=O) groups excluding carboxylic acids is 1. The molecule has 0 saturated carbocycles. The number of amides is 1. The van der Waals surface area contributed by atoms with E-state index in [0.717, 1.165) is 29.9 Å². The van der Waals surface area contributed by atoms with Gasteiger partial charge in [-0.15, -0.1) is 0 Å². The predicted molar refractivity (Wildman–Crippen MR) is 88.6 cm³/mol. The van der Waals surface area contributed by atoms with Gasteiger partial charge in [0.1, 0.15) is 0 Å². The van der Waals surface area contributed by atoms with Crippen LogP contribution in [-0.2, 0) is 17.8 Å². The standard InChI is InChI=1S/C18H22N2O/c1-4-15-5-7-16(8-6-15)12-19-17-9-10-18(13(2)11-17)20-14(3)21/h5-11,19H,4,12H2,1-3H3,(H,20,21). The van der Waals surface area contributed by atoms with E-state index in [4.69, 9.17) is 0 Å². The summed E-state index contributed by atoms with van der Waals surface area (Å²) in [4.78, 5) is 11.1. The van der Waals surface area contributed by atoms with Crippen molar-refractivity contribution in [3.8, 4) is 0 Å². The molecule has 2 N–H and O–H groups in total. The van der Waals surface area contributed by atoms with Crippen molar-refractivity contribution in [1.29, 1.82) is 0 Å². The largest absolute Gasteiger partial charge is 0.381 e. The number of carbonyl (C=O) groups is 1. The maximum Gasteiger partial charge on any atom is 0.221 e. The average molecular weight is 282 g/mol. The first kappa shape index (κ1) is 15.1. The molecule has 1 amide bonds. The van der Waals surface area contributed by atoms with E-state index in [1.54, 1.807) is 0 Å². The smallest absolute Gasteiger partial charge is 0.221 e. The molecule has 2 aromatic carbocycles. The molecule has 0 aliphatic heterocycles. The number of nitrogens with one attached hydrogen (secondary N) is 2. The molecular formula is C18H22N2O. The Bertz CT molecular complexity index is 618. The minimum atomic E-state index is -0.0465. The highest BCUT2D eigenvalue weighted by Gasteiger charge is 2.02. The Morgan fingerprint density at radius 3 is 2.29 bits per heavy atom. The summed E-state index contributed by atoms with van der Waals surface area (Å²) < 4.78 is 0. The second kappa shape index (κ2) is 6.93. The van der Waals surface area contributed by atoms with Crippen molar-refractivity contribution < 1.29 is 4.79 Å². The van der Waals surface area contributed by atoms with Crippen LogP contribution in [0.5, 0.6) is 0 Å². The van der Waals surface area contributed by atoms with Gasteiger partial charge in [0.2, 0.25) is 5.91 Å². The number of anilines is 2. The van der Waals surface area contributed by atoms with Crippen LogP contribution in [-0.4, -0.2) is 5.91 Å². The van der Waals surface area contributed by atoms with Gasteiger partial charge in [0.05, 0.1) is 0 Å². The molecule has 0 fully saturated rings. The average Bonchev–Trinajstić information content (AvgIpc) is 2.48. The third-order valence-electron chi connectivity index (χ3n) is 3.46. The van der Waals surface area contributed by atoms with E-state index in [1.807, 2.05) is 25.1 Å². The van der Waals surface area contributed by atoms with E-state index in [-0.39, 0.29) is 5.91 Å². The van der Waals surface area contributed by atoms with Gasteiger partial charge in [-0.05, 0) is 48.2 Å². The summed E-state index contributed by atoms with van der Waals surface area (Å²) in [6, 6.07) is 14.6. The molecular weight excluding hydrogens is 260 g/mol. The highest BCUT2D eigenvalue weighted by atomic mass is 16.1. The van der Waals surface area contributed by atoms with Crippen LogP contribution in [0.15, 0.2) is 42.5 Å². The number of benzene rings is 2. The molecule has 3 heteroatoms. The number of rotatable bonds is 5. The van der Waals surface area contributed by atoms with E-state index in [9.17, 15) is 4.79 Å². The SMILES string of the molecule is CCc1ccc(CNc2ccc(NC(C)=O)c(C)c2)cc1. The van der Waals surface area contributed by atoms with Crippen molar-refractivity contribution in [2.75, 3.05) is 10.6 Å². The number of hydrogen-bond donors (Lipinski definition) is 2. The zero-order valence-electron chi connectivity index (χ0n) is 12.9. The normalized spacial score (nSPS) is 10.2. The van der Waals surface area contributed by atoms with E-state index >= 15 is 0 Å². The fourth-order valence-electron chi connectivity index (χ4n) is 2.20. The molecule has 0 heterocycles. The molecule has 0 aliphatic rings. The number of hydrogen-bond acceptors (Lipinski definition) is 2. The summed E-state index contributed by atoms with van der Waals surface area (Å²) in [5.41, 5.74) is 5.59. The van der Waals surface area contributed by atoms with Gasteiger partial charge >= 0.3 is 0 Å². The van der Waals surface area contributed by atoms with Crippen LogP contribution < -0.4 is 10.6 Å². The van der Waals surface area contributed by atoms with Crippen LogP contribution in [0, 0.1) is 6.92 Å². The minimum Gasteiger partial charge on any atom is -0.381 e. The molecule has 3 nitrogen and oxygen atoms in total. The molecule has 0 atom stereocenters. The van der Waals surface area contributed by atoms with Crippen LogP contribution in [0.4, 0.5) is 11.4 Å². The zero-order valence-corrected chi connectivity index (χ0v) is 12.9. The fourth-order valence-corrected chi connectivity index (χ4v) is 2.20. The maximum atomic E-state index is 11.1. The summed E-state index contributed by atoms with van der Waals surface area (Å²) in [7, 11) is 0. The quantitative estimate of drug-likeness (QED) is 0.865. The second-order valence-electron chi connectivity index (χ2n) is 5.23. The Labute approximate surface area is 126 Å². The molecule has 2 aromatic rings. The van der Waals surface area contributed by atoms with Crippen LogP contribution in [0.1, 0.15) is 30.5 Å². The molecule has 0 bridgehead atoms. The molecule has 21 heavy (non-hydrogen) atoms. The van der Waals surface area contributed by atoms with Crippen LogP contribution in [0.2, 0.25) is 0 Å². The Hall–Kier alpha value is -2.29. The fraction of sp³-hybridized carbons (Fsp3) is 0.278. The Morgan fingerprint density at radius 2 is 1.71 bits per heavy atom. The van der Waals surface area contributed by atoms with Gasteiger partial charge in [0, 0.05) is 24.8 Å². The van der Waals surface area contributed by atoms with Gasteiger partial charge in [0.15, 0.2) is 0 Å². The number of aryl methyl sites for hydroxylation is 2. The zero-order chi connectivity index (χ0) is 15.2. The first-order valence-corrected chi connectivity index (χ1v) is 7.28. The van der Waals surface area contributed by atoms with Gasteiger partial charge in [-0.3, -0.25) is 4.79 Å². The molecule has 110 valence electrons. The summed E-state index contributed by atoms with van der Waals surface area (Å²) in [5, 5.41) is 6.23. The van der Waals surface area contributed by atoms with Gasteiger partial charge in [-0.1, -0.05) is 31.2 Å². The van der Waals surface area contributed by atoms with Crippen molar-refractivity contribution in [2.45, 2.75) is 33.7 Å². The lowest BCUT2D eigenvalue weighted by Gasteiger charge is -2.11. The second-order valence-corrected chi connectivity index (χ2v) is 5.23. The van der Waals surface area contributed by atoms with Crippen molar-refractivity contribution in [3.05, 3.63) is 59.2 Å². The molecule has 0 saturated heterocycles. The Morgan fingerprint density at radius 1 is 1.05 bits per heavy atom. The summed E-state index contributed by atoms with van der Waals surface area (Å²) in [6.45, 7) is 6.47. The summed E-state index contributed by atoms with van der Waals surface area (Å²) in [5.74, 6) is -0.0465. The van der Waals surface area contributed by atoms with Crippen LogP contribution in [0.3, 0.4) is 0 Å². The van der Waals surface area contributed by atoms with E-state index in [1.165, 1.54) is 18.1 Å². The highest BCUT2D eigenvalue weighted by Crippen LogP contribution is 2.20. The minimum absolute atomic E-state index is 0.0465. The van der Waals surface area contributed by atoms with Gasteiger partial charge in [-0.2, -0.15) is 0 Å². The molecule has 0 unspecified atom stereocenters. The van der Waals surface area contributed by atoms with E-state index in [2.05, 4.69) is 41.8 Å². The Balaban J connectivity index is 1.99. The van der Waals surface area contributed by atoms with Crippen molar-refractivity contribution in [3.63, 3.8) is 0 Å². The monoisotopic (exact) mass is 282 g/mol. The van der Waals surface area contributed by atoms with Gasteiger partial charge in [-0.25, -0.2) is 0 Å². The first-order valence-electron chi connectivity index (χ1n) is 7.28.